The van der Waals surface area contributed by atoms with Gasteiger partial charge >= 0.3 is 0 Å². The van der Waals surface area contributed by atoms with Gasteiger partial charge in [0, 0.05) is 18.3 Å². The van der Waals surface area contributed by atoms with Gasteiger partial charge in [-0.05, 0) is 38.1 Å². The minimum Gasteiger partial charge on any atom is -0.475 e. The molecule has 2 aromatic rings. The molecule has 1 aromatic heterocycles. The molecule has 108 valence electrons. The van der Waals surface area contributed by atoms with E-state index in [0.29, 0.717) is 23.7 Å². The molecule has 2 rings (SSSR count). The summed E-state index contributed by atoms with van der Waals surface area (Å²) in [5.41, 5.74) is 1.48. The molecular formula is C16H16FN3O. The fourth-order valence-electron chi connectivity index (χ4n) is 1.81. The Balaban J connectivity index is 2.12. The van der Waals surface area contributed by atoms with E-state index in [1.54, 1.807) is 24.4 Å². The highest BCUT2D eigenvalue weighted by Crippen LogP contribution is 2.20. The van der Waals surface area contributed by atoms with Crippen LogP contribution in [0.15, 0.2) is 36.5 Å². The molecule has 0 aliphatic carbocycles. The van der Waals surface area contributed by atoms with Gasteiger partial charge in [-0.1, -0.05) is 6.07 Å². The molecule has 5 heteroatoms. The second-order valence-electron chi connectivity index (χ2n) is 4.79. The SMILES string of the molecule is CC(C)Oc1ncccc1CNc1ccc(C#N)cc1F. The van der Waals surface area contributed by atoms with Gasteiger partial charge in [0.2, 0.25) is 5.88 Å². The molecule has 1 heterocycles. The van der Waals surface area contributed by atoms with Crippen molar-refractivity contribution in [1.82, 2.24) is 4.98 Å². The van der Waals surface area contributed by atoms with Crippen molar-refractivity contribution in [2.45, 2.75) is 26.5 Å². The average molecular weight is 285 g/mol. The summed E-state index contributed by atoms with van der Waals surface area (Å²) in [5.74, 6) is 0.0818. The van der Waals surface area contributed by atoms with E-state index in [1.165, 1.54) is 6.07 Å². The Kier molecular flexibility index (Phi) is 4.72. The van der Waals surface area contributed by atoms with Crippen LogP contribution in [-0.2, 0) is 6.54 Å². The highest BCUT2D eigenvalue weighted by molar-refractivity contribution is 5.49. The first-order valence-electron chi connectivity index (χ1n) is 6.64. The van der Waals surface area contributed by atoms with Gasteiger partial charge < -0.3 is 10.1 Å². The van der Waals surface area contributed by atoms with E-state index in [4.69, 9.17) is 10.00 Å². The summed E-state index contributed by atoms with van der Waals surface area (Å²) in [6.45, 7) is 4.23. The molecule has 0 saturated carbocycles. The fourth-order valence-corrected chi connectivity index (χ4v) is 1.81. The summed E-state index contributed by atoms with van der Waals surface area (Å²) >= 11 is 0. The third-order valence-corrected chi connectivity index (χ3v) is 2.76. The van der Waals surface area contributed by atoms with E-state index in [1.807, 2.05) is 26.0 Å². The van der Waals surface area contributed by atoms with Crippen LogP contribution in [0.2, 0.25) is 0 Å². The zero-order valence-corrected chi connectivity index (χ0v) is 11.9. The van der Waals surface area contributed by atoms with Crippen molar-refractivity contribution in [3.63, 3.8) is 0 Å². The molecule has 0 radical (unpaired) electrons. The predicted molar refractivity (Wildman–Crippen MR) is 78.4 cm³/mol. The van der Waals surface area contributed by atoms with Gasteiger partial charge in [-0.2, -0.15) is 5.26 Å². The first-order chi connectivity index (χ1) is 10.1. The second-order valence-corrected chi connectivity index (χ2v) is 4.79. The molecule has 0 unspecified atom stereocenters. The van der Waals surface area contributed by atoms with Crippen molar-refractivity contribution in [3.8, 4) is 11.9 Å². The van der Waals surface area contributed by atoms with Crippen molar-refractivity contribution < 1.29 is 9.13 Å². The van der Waals surface area contributed by atoms with E-state index in [2.05, 4.69) is 10.3 Å². The molecular weight excluding hydrogens is 269 g/mol. The maximum Gasteiger partial charge on any atom is 0.218 e. The Labute approximate surface area is 123 Å². The number of hydrogen-bond donors (Lipinski definition) is 1. The van der Waals surface area contributed by atoms with Crippen molar-refractivity contribution >= 4 is 5.69 Å². The molecule has 0 saturated heterocycles. The van der Waals surface area contributed by atoms with Gasteiger partial charge in [-0.15, -0.1) is 0 Å². The fraction of sp³-hybridized carbons (Fsp3) is 0.250. The highest BCUT2D eigenvalue weighted by Gasteiger charge is 2.08. The van der Waals surface area contributed by atoms with E-state index in [9.17, 15) is 4.39 Å². The van der Waals surface area contributed by atoms with Crippen LogP contribution in [0.5, 0.6) is 5.88 Å². The zero-order chi connectivity index (χ0) is 15.2. The lowest BCUT2D eigenvalue weighted by Gasteiger charge is -2.14. The number of hydrogen-bond acceptors (Lipinski definition) is 4. The molecule has 0 amide bonds. The first kappa shape index (κ1) is 14.8. The van der Waals surface area contributed by atoms with E-state index in [-0.39, 0.29) is 6.10 Å². The summed E-state index contributed by atoms with van der Waals surface area (Å²) in [6, 6.07) is 9.90. The molecule has 0 fully saturated rings. The van der Waals surface area contributed by atoms with Gasteiger partial charge in [-0.3, -0.25) is 0 Å². The summed E-state index contributed by atoms with van der Waals surface area (Å²) in [7, 11) is 0. The van der Waals surface area contributed by atoms with Gasteiger partial charge in [0.15, 0.2) is 0 Å². The largest absolute Gasteiger partial charge is 0.475 e. The quantitative estimate of drug-likeness (QED) is 0.913. The van der Waals surface area contributed by atoms with Crippen LogP contribution in [0.3, 0.4) is 0 Å². The van der Waals surface area contributed by atoms with Crippen molar-refractivity contribution in [2.24, 2.45) is 0 Å². The standard InChI is InChI=1S/C16H16FN3O/c1-11(2)21-16-13(4-3-7-19-16)10-20-15-6-5-12(9-18)8-14(15)17/h3-8,11,20H,10H2,1-2H3. The Morgan fingerprint density at radius 1 is 1.38 bits per heavy atom. The van der Waals surface area contributed by atoms with Crippen LogP contribution in [-0.4, -0.2) is 11.1 Å². The van der Waals surface area contributed by atoms with Crippen molar-refractivity contribution in [3.05, 3.63) is 53.5 Å². The number of nitriles is 1. The molecule has 0 bridgehead atoms. The number of nitrogens with one attached hydrogen (secondary N) is 1. The van der Waals surface area contributed by atoms with E-state index in [0.717, 1.165) is 5.56 Å². The molecule has 1 N–H and O–H groups in total. The lowest BCUT2D eigenvalue weighted by molar-refractivity contribution is 0.230. The zero-order valence-electron chi connectivity index (χ0n) is 11.9. The summed E-state index contributed by atoms with van der Waals surface area (Å²) in [5, 5.41) is 11.7. The Bertz CT molecular complexity index is 665. The van der Waals surface area contributed by atoms with Gasteiger partial charge in [0.05, 0.1) is 23.4 Å². The Hall–Kier alpha value is -2.61. The number of halogens is 1. The molecule has 4 nitrogen and oxygen atoms in total. The Morgan fingerprint density at radius 3 is 2.86 bits per heavy atom. The van der Waals surface area contributed by atoms with Gasteiger partial charge in [0.1, 0.15) is 5.82 Å². The number of aromatic nitrogens is 1. The maximum atomic E-state index is 13.8. The maximum absolute atomic E-state index is 13.8. The average Bonchev–Trinajstić information content (AvgIpc) is 2.46. The summed E-state index contributed by atoms with van der Waals surface area (Å²) < 4.78 is 19.4. The third-order valence-electron chi connectivity index (χ3n) is 2.76. The van der Waals surface area contributed by atoms with Gasteiger partial charge in [0.25, 0.3) is 0 Å². The monoisotopic (exact) mass is 285 g/mol. The van der Waals surface area contributed by atoms with Crippen LogP contribution in [0, 0.1) is 17.1 Å². The number of anilines is 1. The van der Waals surface area contributed by atoms with Crippen LogP contribution < -0.4 is 10.1 Å². The molecule has 0 atom stereocenters. The van der Waals surface area contributed by atoms with Crippen molar-refractivity contribution in [2.75, 3.05) is 5.32 Å². The smallest absolute Gasteiger partial charge is 0.218 e. The summed E-state index contributed by atoms with van der Waals surface area (Å²) in [6.07, 6.45) is 1.68. The second kappa shape index (κ2) is 6.71. The Morgan fingerprint density at radius 2 is 2.19 bits per heavy atom. The van der Waals surface area contributed by atoms with Crippen LogP contribution in [0.4, 0.5) is 10.1 Å². The van der Waals surface area contributed by atoms with Crippen LogP contribution in [0.1, 0.15) is 25.0 Å². The van der Waals surface area contributed by atoms with E-state index >= 15 is 0 Å². The van der Waals surface area contributed by atoms with Crippen LogP contribution >= 0.6 is 0 Å². The molecule has 0 aliphatic heterocycles. The number of rotatable bonds is 5. The third kappa shape index (κ3) is 3.93. The van der Waals surface area contributed by atoms with Gasteiger partial charge in [-0.25, -0.2) is 9.37 Å². The topological polar surface area (TPSA) is 57.9 Å². The number of benzene rings is 1. The highest BCUT2D eigenvalue weighted by atomic mass is 19.1. The lowest BCUT2D eigenvalue weighted by atomic mass is 10.2. The molecule has 21 heavy (non-hydrogen) atoms. The number of ether oxygens (including phenoxy) is 1. The molecule has 0 aliphatic rings. The minimum atomic E-state index is -0.454. The summed E-state index contributed by atoms with van der Waals surface area (Å²) in [4.78, 5) is 4.18. The number of nitrogens with zero attached hydrogens (tertiary/aromatic N) is 2. The first-order valence-corrected chi connectivity index (χ1v) is 6.64. The predicted octanol–water partition coefficient (Wildman–Crippen LogP) is 3.49. The minimum absolute atomic E-state index is 0.0188. The molecule has 1 aromatic carbocycles. The normalized spacial score (nSPS) is 10.2. The lowest BCUT2D eigenvalue weighted by Crippen LogP contribution is -2.11. The van der Waals surface area contributed by atoms with Crippen molar-refractivity contribution in [1.29, 1.82) is 5.26 Å². The van der Waals surface area contributed by atoms with E-state index < -0.39 is 5.82 Å². The van der Waals surface area contributed by atoms with Crippen LogP contribution in [0.25, 0.3) is 0 Å². The number of pyridine rings is 1. The molecule has 0 spiro atoms.